The fourth-order valence-corrected chi connectivity index (χ4v) is 1.53. The molecule has 0 saturated heterocycles. The first kappa shape index (κ1) is 11.1. The number of para-hydroxylation sites is 2. The number of hydrogen-bond donors (Lipinski definition) is 2. The first-order chi connectivity index (χ1) is 8.16. The minimum absolute atomic E-state index is 0.0729. The van der Waals surface area contributed by atoms with E-state index in [-0.39, 0.29) is 5.69 Å². The second-order valence-electron chi connectivity index (χ2n) is 3.62. The van der Waals surface area contributed by atoms with Crippen LogP contribution in [0.25, 0.3) is 0 Å². The first-order valence-corrected chi connectivity index (χ1v) is 5.14. The highest BCUT2D eigenvalue weighted by Gasteiger charge is 2.11. The number of aryl methyl sites for hydroxylation is 1. The SMILES string of the molecule is Cc1ncc(CNc2ccccc2[N+](=O)[O-])[nH]1. The lowest BCUT2D eigenvalue weighted by Gasteiger charge is -2.04. The Morgan fingerprint density at radius 2 is 2.24 bits per heavy atom. The summed E-state index contributed by atoms with van der Waals surface area (Å²) >= 11 is 0. The van der Waals surface area contributed by atoms with Gasteiger partial charge in [0.2, 0.25) is 0 Å². The number of rotatable bonds is 4. The number of aromatic nitrogens is 2. The molecule has 2 N–H and O–H groups in total. The van der Waals surface area contributed by atoms with Crippen LogP contribution in [0.15, 0.2) is 30.5 Å². The van der Waals surface area contributed by atoms with Gasteiger partial charge in [0.25, 0.3) is 5.69 Å². The van der Waals surface area contributed by atoms with E-state index in [1.165, 1.54) is 6.07 Å². The number of nitrogens with one attached hydrogen (secondary N) is 2. The Bertz CT molecular complexity index is 536. The number of nitro benzene ring substituents is 1. The van der Waals surface area contributed by atoms with Crippen LogP contribution in [0.5, 0.6) is 0 Å². The molecule has 0 spiro atoms. The van der Waals surface area contributed by atoms with Gasteiger partial charge in [-0.2, -0.15) is 0 Å². The molecule has 0 aliphatic heterocycles. The van der Waals surface area contributed by atoms with Gasteiger partial charge in [-0.15, -0.1) is 0 Å². The Morgan fingerprint density at radius 1 is 1.47 bits per heavy atom. The summed E-state index contributed by atoms with van der Waals surface area (Å²) in [5, 5.41) is 13.8. The maximum absolute atomic E-state index is 10.8. The van der Waals surface area contributed by atoms with Crippen molar-refractivity contribution in [2.75, 3.05) is 5.32 Å². The molecule has 6 nitrogen and oxygen atoms in total. The summed E-state index contributed by atoms with van der Waals surface area (Å²) in [4.78, 5) is 17.5. The number of imidazole rings is 1. The molecule has 0 unspecified atom stereocenters. The Kier molecular flexibility index (Phi) is 3.04. The van der Waals surface area contributed by atoms with Crippen LogP contribution in [0.3, 0.4) is 0 Å². The molecule has 0 radical (unpaired) electrons. The van der Waals surface area contributed by atoms with Crippen molar-refractivity contribution >= 4 is 11.4 Å². The van der Waals surface area contributed by atoms with Crippen LogP contribution in [-0.4, -0.2) is 14.9 Å². The highest BCUT2D eigenvalue weighted by atomic mass is 16.6. The molecule has 0 fully saturated rings. The summed E-state index contributed by atoms with van der Waals surface area (Å²) in [5.74, 6) is 0.823. The second kappa shape index (κ2) is 4.65. The molecule has 0 atom stereocenters. The predicted octanol–water partition coefficient (Wildman–Crippen LogP) is 2.24. The minimum atomic E-state index is -0.402. The molecule has 88 valence electrons. The number of H-pyrrole nitrogens is 1. The Labute approximate surface area is 97.9 Å². The largest absolute Gasteiger partial charge is 0.374 e. The quantitative estimate of drug-likeness (QED) is 0.625. The molecule has 2 rings (SSSR count). The average Bonchev–Trinajstić information content (AvgIpc) is 2.73. The smallest absolute Gasteiger partial charge is 0.292 e. The third-order valence-electron chi connectivity index (χ3n) is 2.33. The molecule has 0 aliphatic carbocycles. The molecular weight excluding hydrogens is 220 g/mol. The molecule has 2 aromatic rings. The normalized spacial score (nSPS) is 10.2. The first-order valence-electron chi connectivity index (χ1n) is 5.14. The van der Waals surface area contributed by atoms with Gasteiger partial charge in [0.05, 0.1) is 23.4 Å². The lowest BCUT2D eigenvalue weighted by Crippen LogP contribution is -2.02. The molecule has 0 aliphatic rings. The molecule has 1 aromatic carbocycles. The predicted molar refractivity (Wildman–Crippen MR) is 63.7 cm³/mol. The highest BCUT2D eigenvalue weighted by Crippen LogP contribution is 2.23. The van der Waals surface area contributed by atoms with Crippen LogP contribution in [0, 0.1) is 17.0 Å². The third-order valence-corrected chi connectivity index (χ3v) is 2.33. The van der Waals surface area contributed by atoms with Gasteiger partial charge in [-0.3, -0.25) is 10.1 Å². The maximum Gasteiger partial charge on any atom is 0.292 e. The van der Waals surface area contributed by atoms with E-state index >= 15 is 0 Å². The van der Waals surface area contributed by atoms with Crippen LogP contribution in [0.1, 0.15) is 11.5 Å². The van der Waals surface area contributed by atoms with Crippen molar-refractivity contribution in [1.82, 2.24) is 9.97 Å². The number of nitro groups is 1. The zero-order valence-electron chi connectivity index (χ0n) is 9.30. The van der Waals surface area contributed by atoms with E-state index in [1.54, 1.807) is 24.4 Å². The van der Waals surface area contributed by atoms with Crippen LogP contribution in [0.4, 0.5) is 11.4 Å². The van der Waals surface area contributed by atoms with Crippen molar-refractivity contribution in [2.45, 2.75) is 13.5 Å². The van der Waals surface area contributed by atoms with Gasteiger partial charge in [0.15, 0.2) is 0 Å². The number of hydrogen-bond acceptors (Lipinski definition) is 4. The topological polar surface area (TPSA) is 83.8 Å². The van der Waals surface area contributed by atoms with Gasteiger partial charge in [-0.25, -0.2) is 4.98 Å². The minimum Gasteiger partial charge on any atom is -0.374 e. The summed E-state index contributed by atoms with van der Waals surface area (Å²) in [6, 6.07) is 6.55. The van der Waals surface area contributed by atoms with Crippen molar-refractivity contribution < 1.29 is 4.92 Å². The fourth-order valence-electron chi connectivity index (χ4n) is 1.53. The number of nitrogens with zero attached hydrogens (tertiary/aromatic N) is 2. The molecule has 1 heterocycles. The third kappa shape index (κ3) is 2.60. The van der Waals surface area contributed by atoms with E-state index in [2.05, 4.69) is 15.3 Å². The zero-order valence-corrected chi connectivity index (χ0v) is 9.30. The molecule has 0 saturated carbocycles. The van der Waals surface area contributed by atoms with Gasteiger partial charge >= 0.3 is 0 Å². The van der Waals surface area contributed by atoms with Crippen molar-refractivity contribution in [2.24, 2.45) is 0 Å². The van der Waals surface area contributed by atoms with Crippen molar-refractivity contribution in [3.05, 3.63) is 52.1 Å². The lowest BCUT2D eigenvalue weighted by atomic mass is 10.2. The van der Waals surface area contributed by atoms with Crippen LogP contribution in [-0.2, 0) is 6.54 Å². The summed E-state index contributed by atoms with van der Waals surface area (Å²) in [7, 11) is 0. The molecule has 1 aromatic heterocycles. The van der Waals surface area contributed by atoms with E-state index in [0.717, 1.165) is 11.5 Å². The average molecular weight is 232 g/mol. The van der Waals surface area contributed by atoms with Crippen LogP contribution in [0.2, 0.25) is 0 Å². The van der Waals surface area contributed by atoms with E-state index in [0.29, 0.717) is 12.2 Å². The van der Waals surface area contributed by atoms with Gasteiger partial charge in [0, 0.05) is 6.07 Å². The summed E-state index contributed by atoms with van der Waals surface area (Å²) < 4.78 is 0. The van der Waals surface area contributed by atoms with Crippen LogP contribution >= 0.6 is 0 Å². The number of anilines is 1. The molecule has 0 amide bonds. The zero-order chi connectivity index (χ0) is 12.3. The Balaban J connectivity index is 2.11. The van der Waals surface area contributed by atoms with E-state index < -0.39 is 4.92 Å². The summed E-state index contributed by atoms with van der Waals surface area (Å²) in [6.07, 6.45) is 1.71. The molecule has 6 heteroatoms. The fraction of sp³-hybridized carbons (Fsp3) is 0.182. The summed E-state index contributed by atoms with van der Waals surface area (Å²) in [5.41, 5.74) is 1.47. The van der Waals surface area contributed by atoms with Gasteiger partial charge in [0.1, 0.15) is 11.5 Å². The van der Waals surface area contributed by atoms with Crippen molar-refractivity contribution in [3.63, 3.8) is 0 Å². The second-order valence-corrected chi connectivity index (χ2v) is 3.62. The number of benzene rings is 1. The molecule has 0 bridgehead atoms. The Morgan fingerprint density at radius 3 is 2.88 bits per heavy atom. The van der Waals surface area contributed by atoms with Crippen molar-refractivity contribution in [3.8, 4) is 0 Å². The number of aromatic amines is 1. The van der Waals surface area contributed by atoms with Gasteiger partial charge in [-0.05, 0) is 13.0 Å². The lowest BCUT2D eigenvalue weighted by molar-refractivity contribution is -0.384. The van der Waals surface area contributed by atoms with Gasteiger partial charge < -0.3 is 10.3 Å². The van der Waals surface area contributed by atoms with E-state index in [4.69, 9.17) is 0 Å². The van der Waals surface area contributed by atoms with Crippen LogP contribution < -0.4 is 5.32 Å². The molecular formula is C11H12N4O2. The van der Waals surface area contributed by atoms with Gasteiger partial charge in [-0.1, -0.05) is 12.1 Å². The van der Waals surface area contributed by atoms with Crippen molar-refractivity contribution in [1.29, 1.82) is 0 Å². The monoisotopic (exact) mass is 232 g/mol. The Hall–Kier alpha value is -2.37. The molecule has 17 heavy (non-hydrogen) atoms. The van der Waals surface area contributed by atoms with E-state index in [1.807, 2.05) is 6.92 Å². The van der Waals surface area contributed by atoms with E-state index in [9.17, 15) is 10.1 Å². The summed E-state index contributed by atoms with van der Waals surface area (Å²) in [6.45, 7) is 2.33. The highest BCUT2D eigenvalue weighted by molar-refractivity contribution is 5.61. The standard InChI is InChI=1S/C11H12N4O2/c1-8-12-6-9(14-8)7-13-10-4-2-3-5-11(10)15(16)17/h2-6,13H,7H2,1H3,(H,12,14). The maximum atomic E-state index is 10.8.